The molecular weight excluding hydrogens is 242 g/mol. The number of benzene rings is 1. The van der Waals surface area contributed by atoms with E-state index in [1.165, 1.54) is 0 Å². The molecule has 1 unspecified atom stereocenters. The molecule has 0 aliphatic rings. The van der Waals surface area contributed by atoms with Gasteiger partial charge in [0, 0.05) is 0 Å². The maximum absolute atomic E-state index is 12.8. The Morgan fingerprint density at radius 2 is 2.00 bits per heavy atom. The number of hydrogen-bond donors (Lipinski definition) is 2. The van der Waals surface area contributed by atoms with Gasteiger partial charge in [-0.05, 0) is 17.7 Å². The molecule has 0 radical (unpaired) electrons. The zero-order chi connectivity index (χ0) is 13.2. The lowest BCUT2D eigenvalue weighted by atomic mass is 9.94. The van der Waals surface area contributed by atoms with E-state index in [1.807, 2.05) is 0 Å². The van der Waals surface area contributed by atoms with Crippen LogP contribution >= 0.6 is 0 Å². The first-order valence-electron chi connectivity index (χ1n) is 4.55. The fraction of sp³-hybridized carbons (Fsp3) is 0.300. The molecule has 3 N–H and O–H groups in total. The van der Waals surface area contributed by atoms with Gasteiger partial charge < -0.3 is 10.8 Å². The molecule has 0 aliphatic heterocycles. The van der Waals surface area contributed by atoms with Crippen LogP contribution in [0.3, 0.4) is 0 Å². The number of carboxylic acids is 1. The molecule has 1 aromatic carbocycles. The monoisotopic (exact) mass is 251 g/mol. The number of rotatable bonds is 3. The van der Waals surface area contributed by atoms with Crippen LogP contribution in [0, 0.1) is 5.82 Å². The minimum Gasteiger partial charge on any atom is -0.481 e. The summed E-state index contributed by atoms with van der Waals surface area (Å²) in [6, 6.07) is 2.47. The van der Waals surface area contributed by atoms with Crippen molar-refractivity contribution in [3.8, 4) is 0 Å². The van der Waals surface area contributed by atoms with Crippen molar-refractivity contribution in [2.45, 2.75) is 18.5 Å². The highest BCUT2D eigenvalue weighted by atomic mass is 19.4. The van der Waals surface area contributed by atoms with Crippen molar-refractivity contribution in [3.63, 3.8) is 0 Å². The SMILES string of the molecule is Nc1cc(C(CC(=O)O)C(F)(F)F)ccc1F. The second-order valence-corrected chi connectivity index (χ2v) is 3.47. The molecule has 0 aliphatic carbocycles. The van der Waals surface area contributed by atoms with Crippen molar-refractivity contribution >= 4 is 11.7 Å². The van der Waals surface area contributed by atoms with Gasteiger partial charge in [0.05, 0.1) is 18.0 Å². The van der Waals surface area contributed by atoms with E-state index in [0.717, 1.165) is 18.2 Å². The summed E-state index contributed by atoms with van der Waals surface area (Å²) in [6.45, 7) is 0. The molecule has 0 bridgehead atoms. The number of nitrogens with two attached hydrogens (primary N) is 1. The van der Waals surface area contributed by atoms with Gasteiger partial charge in [-0.1, -0.05) is 6.07 Å². The summed E-state index contributed by atoms with van der Waals surface area (Å²) in [4.78, 5) is 10.4. The minimum absolute atomic E-state index is 0.362. The number of anilines is 1. The first kappa shape index (κ1) is 13.3. The largest absolute Gasteiger partial charge is 0.481 e. The van der Waals surface area contributed by atoms with Crippen LogP contribution in [0.2, 0.25) is 0 Å². The van der Waals surface area contributed by atoms with Crippen LogP contribution < -0.4 is 5.73 Å². The van der Waals surface area contributed by atoms with Gasteiger partial charge in [-0.25, -0.2) is 4.39 Å². The fourth-order valence-electron chi connectivity index (χ4n) is 1.38. The normalized spacial score (nSPS) is 13.4. The molecule has 0 saturated carbocycles. The maximum Gasteiger partial charge on any atom is 0.396 e. The quantitative estimate of drug-likeness (QED) is 0.641. The van der Waals surface area contributed by atoms with E-state index in [2.05, 4.69) is 0 Å². The van der Waals surface area contributed by atoms with Gasteiger partial charge in [0.2, 0.25) is 0 Å². The summed E-state index contributed by atoms with van der Waals surface area (Å²) >= 11 is 0. The van der Waals surface area contributed by atoms with E-state index in [0.29, 0.717) is 0 Å². The molecule has 0 amide bonds. The second kappa shape index (κ2) is 4.60. The molecule has 7 heteroatoms. The Morgan fingerprint density at radius 1 is 1.41 bits per heavy atom. The summed E-state index contributed by atoms with van der Waals surface area (Å²) < 4.78 is 50.6. The Balaban J connectivity index is 3.13. The van der Waals surface area contributed by atoms with E-state index in [9.17, 15) is 22.4 Å². The number of aliphatic carboxylic acids is 1. The van der Waals surface area contributed by atoms with Crippen molar-refractivity contribution < 1.29 is 27.5 Å². The molecule has 1 aromatic rings. The number of halogens is 4. The summed E-state index contributed by atoms with van der Waals surface area (Å²) in [5.41, 5.74) is 4.34. The first-order chi connectivity index (χ1) is 7.71. The molecule has 94 valence electrons. The van der Waals surface area contributed by atoms with Gasteiger partial charge in [0.25, 0.3) is 0 Å². The fourth-order valence-corrected chi connectivity index (χ4v) is 1.38. The lowest BCUT2D eigenvalue weighted by Crippen LogP contribution is -2.23. The first-order valence-corrected chi connectivity index (χ1v) is 4.55. The van der Waals surface area contributed by atoms with Crippen molar-refractivity contribution in [1.29, 1.82) is 0 Å². The molecule has 0 saturated heterocycles. The number of carboxylic acid groups (broad SMARTS) is 1. The Labute approximate surface area is 93.8 Å². The highest BCUT2D eigenvalue weighted by Gasteiger charge is 2.42. The van der Waals surface area contributed by atoms with Crippen LogP contribution in [-0.2, 0) is 4.79 Å². The van der Waals surface area contributed by atoms with Crippen LogP contribution in [0.15, 0.2) is 18.2 Å². The Morgan fingerprint density at radius 3 is 2.41 bits per heavy atom. The summed E-state index contributed by atoms with van der Waals surface area (Å²) in [7, 11) is 0. The number of alkyl halides is 3. The van der Waals surface area contributed by atoms with Crippen LogP contribution in [0.1, 0.15) is 17.9 Å². The average Bonchev–Trinajstić information content (AvgIpc) is 2.17. The van der Waals surface area contributed by atoms with E-state index < -0.39 is 36.0 Å². The van der Waals surface area contributed by atoms with Crippen molar-refractivity contribution in [2.24, 2.45) is 0 Å². The Hall–Kier alpha value is -1.79. The molecule has 0 heterocycles. The smallest absolute Gasteiger partial charge is 0.396 e. The van der Waals surface area contributed by atoms with E-state index in [-0.39, 0.29) is 5.56 Å². The lowest BCUT2D eigenvalue weighted by molar-refractivity contribution is -0.163. The third-order valence-corrected chi connectivity index (χ3v) is 2.20. The molecule has 3 nitrogen and oxygen atoms in total. The molecule has 1 rings (SSSR count). The Kier molecular flexibility index (Phi) is 3.59. The highest BCUT2D eigenvalue weighted by Crippen LogP contribution is 2.38. The molecule has 1 atom stereocenters. The minimum atomic E-state index is -4.72. The van der Waals surface area contributed by atoms with Crippen molar-refractivity contribution in [2.75, 3.05) is 5.73 Å². The predicted octanol–water partition coefficient (Wildman–Crippen LogP) is 2.53. The van der Waals surface area contributed by atoms with Gasteiger partial charge in [-0.3, -0.25) is 4.79 Å². The number of nitrogen functional groups attached to an aromatic ring is 1. The standard InChI is InChI=1S/C10H9F4NO2/c11-7-2-1-5(3-8(7)15)6(4-9(16)17)10(12,13)14/h1-3,6H,4,15H2,(H,16,17). The van der Waals surface area contributed by atoms with E-state index >= 15 is 0 Å². The van der Waals surface area contributed by atoms with Crippen LogP contribution in [0.4, 0.5) is 23.2 Å². The van der Waals surface area contributed by atoms with Gasteiger partial charge in [-0.2, -0.15) is 13.2 Å². The topological polar surface area (TPSA) is 63.3 Å². The predicted molar refractivity (Wildman–Crippen MR) is 51.9 cm³/mol. The van der Waals surface area contributed by atoms with Crippen LogP contribution in [0.25, 0.3) is 0 Å². The lowest BCUT2D eigenvalue weighted by Gasteiger charge is -2.19. The summed E-state index contributed by atoms with van der Waals surface area (Å²) in [5.74, 6) is -4.62. The van der Waals surface area contributed by atoms with E-state index in [1.54, 1.807) is 0 Å². The van der Waals surface area contributed by atoms with Gasteiger partial charge in [0.1, 0.15) is 5.82 Å². The molecule has 0 spiro atoms. The molecule has 0 fully saturated rings. The summed E-state index contributed by atoms with van der Waals surface area (Å²) in [5, 5.41) is 8.43. The Bertz CT molecular complexity index is 431. The molecule has 17 heavy (non-hydrogen) atoms. The highest BCUT2D eigenvalue weighted by molar-refractivity contribution is 5.68. The third kappa shape index (κ3) is 3.33. The molecule has 0 aromatic heterocycles. The maximum atomic E-state index is 12.8. The van der Waals surface area contributed by atoms with E-state index in [4.69, 9.17) is 10.8 Å². The summed E-state index contributed by atoms with van der Waals surface area (Å²) in [6.07, 6.45) is -5.84. The zero-order valence-electron chi connectivity index (χ0n) is 8.46. The second-order valence-electron chi connectivity index (χ2n) is 3.47. The average molecular weight is 251 g/mol. The van der Waals surface area contributed by atoms with Crippen molar-refractivity contribution in [1.82, 2.24) is 0 Å². The van der Waals surface area contributed by atoms with Gasteiger partial charge >= 0.3 is 12.1 Å². The van der Waals surface area contributed by atoms with Gasteiger partial charge in [0.15, 0.2) is 0 Å². The van der Waals surface area contributed by atoms with Crippen LogP contribution in [-0.4, -0.2) is 17.3 Å². The molecular formula is C10H9F4NO2. The number of hydrogen-bond acceptors (Lipinski definition) is 2. The zero-order valence-corrected chi connectivity index (χ0v) is 8.46. The van der Waals surface area contributed by atoms with Crippen molar-refractivity contribution in [3.05, 3.63) is 29.6 Å². The number of carbonyl (C=O) groups is 1. The van der Waals surface area contributed by atoms with Crippen LogP contribution in [0.5, 0.6) is 0 Å². The van der Waals surface area contributed by atoms with Gasteiger partial charge in [-0.15, -0.1) is 0 Å². The third-order valence-electron chi connectivity index (χ3n) is 2.20.